The van der Waals surface area contributed by atoms with Crippen LogP contribution in [0.4, 0.5) is 19.6 Å². The number of aromatic nitrogens is 4. The molecule has 2 fully saturated rings. The van der Waals surface area contributed by atoms with Gasteiger partial charge in [-0.05, 0) is 86.2 Å². The topological polar surface area (TPSA) is 146 Å². The van der Waals surface area contributed by atoms with Gasteiger partial charge in [-0.25, -0.2) is 19.3 Å². The highest BCUT2D eigenvalue weighted by Crippen LogP contribution is 2.38. The van der Waals surface area contributed by atoms with Crippen LogP contribution in [0.15, 0.2) is 66.6 Å². The zero-order chi connectivity index (χ0) is 40.1. The predicted octanol–water partition coefficient (Wildman–Crippen LogP) is 5.58. The quantitative estimate of drug-likeness (QED) is 0.137. The van der Waals surface area contributed by atoms with E-state index in [1.807, 2.05) is 35.9 Å². The molecule has 58 heavy (non-hydrogen) atoms. The van der Waals surface area contributed by atoms with Crippen molar-refractivity contribution < 1.29 is 28.0 Å². The van der Waals surface area contributed by atoms with Crippen LogP contribution in [0.2, 0.25) is 0 Å². The number of thiazole rings is 1. The smallest absolute Gasteiger partial charge is 0.255 e. The number of imidazole rings is 1. The van der Waals surface area contributed by atoms with Crippen molar-refractivity contribution in [2.45, 2.75) is 76.2 Å². The number of nitrogens with one attached hydrogen (secondary N) is 2. The summed E-state index contributed by atoms with van der Waals surface area (Å²) in [4.78, 5) is 70.5. The average Bonchev–Trinajstić information content (AvgIpc) is 4.04. The molecule has 3 aromatic heterocycles. The van der Waals surface area contributed by atoms with Crippen molar-refractivity contribution in [1.29, 1.82) is 0 Å². The molecule has 0 radical (unpaired) electrons. The van der Waals surface area contributed by atoms with E-state index >= 15 is 4.39 Å². The second-order valence-electron chi connectivity index (χ2n) is 15.4. The summed E-state index contributed by atoms with van der Waals surface area (Å²) in [5.74, 6) is -3.15. The van der Waals surface area contributed by atoms with Crippen LogP contribution in [0, 0.1) is 11.8 Å². The number of rotatable bonds is 10. The van der Waals surface area contributed by atoms with Crippen molar-refractivity contribution >= 4 is 45.8 Å². The molecule has 0 saturated carbocycles. The van der Waals surface area contributed by atoms with E-state index in [4.69, 9.17) is 0 Å². The van der Waals surface area contributed by atoms with Gasteiger partial charge >= 0.3 is 0 Å². The number of piperidine rings is 2. The molecular weight excluding hydrogens is 765 g/mol. The van der Waals surface area contributed by atoms with Crippen molar-refractivity contribution in [3.05, 3.63) is 112 Å². The van der Waals surface area contributed by atoms with Crippen molar-refractivity contribution in [3.63, 3.8) is 0 Å². The Morgan fingerprint density at radius 3 is 2.57 bits per heavy atom. The molecule has 2 aromatic carbocycles. The number of fused-ring (bicyclic) bond motifs is 2. The summed E-state index contributed by atoms with van der Waals surface area (Å²) in [5.41, 5.74) is 5.25. The van der Waals surface area contributed by atoms with Crippen molar-refractivity contribution in [2.75, 3.05) is 30.4 Å². The first-order chi connectivity index (χ1) is 28.1. The molecule has 5 aromatic rings. The van der Waals surface area contributed by atoms with Crippen LogP contribution in [0.25, 0.3) is 11.1 Å². The van der Waals surface area contributed by atoms with Gasteiger partial charge in [0.1, 0.15) is 5.82 Å². The number of amides is 4. The largest absolute Gasteiger partial charge is 0.371 e. The summed E-state index contributed by atoms with van der Waals surface area (Å²) in [6.45, 7) is 2.62. The van der Waals surface area contributed by atoms with Crippen LogP contribution in [0.1, 0.15) is 82.5 Å². The minimum atomic E-state index is -1.06. The van der Waals surface area contributed by atoms with Gasteiger partial charge in [0.05, 0.1) is 24.5 Å². The minimum Gasteiger partial charge on any atom is -0.371 e. The highest BCUT2D eigenvalue weighted by atomic mass is 32.1. The molecule has 0 aliphatic carbocycles. The molecule has 2 atom stereocenters. The molecule has 4 amide bonds. The lowest BCUT2D eigenvalue weighted by atomic mass is 9.91. The molecule has 0 spiro atoms. The number of carbonyl (C=O) groups excluding carboxylic acids is 4. The molecule has 4 aliphatic heterocycles. The van der Waals surface area contributed by atoms with Gasteiger partial charge in [0.2, 0.25) is 17.8 Å². The van der Waals surface area contributed by atoms with Gasteiger partial charge in [-0.1, -0.05) is 12.1 Å². The lowest BCUT2D eigenvalue weighted by Gasteiger charge is -2.38. The van der Waals surface area contributed by atoms with E-state index in [9.17, 15) is 23.6 Å². The minimum absolute atomic E-state index is 0.0623. The summed E-state index contributed by atoms with van der Waals surface area (Å²) in [7, 11) is 1.97. The van der Waals surface area contributed by atoms with Crippen LogP contribution in [0.5, 0.6) is 0 Å². The van der Waals surface area contributed by atoms with Gasteiger partial charge < -0.3 is 14.4 Å². The highest BCUT2D eigenvalue weighted by Gasteiger charge is 2.42. The SMILES string of the molecule is CN(Cc1cc(C2CCC(=O)NC2=O)cnc1F)C1CCN(c2ccc(-c3cc(F)c4c(c3)C(=O)N(C(C(=O)Nc3nccs3)c3ncn5c3CCC5)C4)cc2)CC1. The zero-order valence-corrected chi connectivity index (χ0v) is 32.6. The van der Waals surface area contributed by atoms with Crippen LogP contribution < -0.4 is 15.5 Å². The van der Waals surface area contributed by atoms with Crippen LogP contribution in [0.3, 0.4) is 0 Å². The van der Waals surface area contributed by atoms with Gasteiger partial charge in [0.15, 0.2) is 11.2 Å². The summed E-state index contributed by atoms with van der Waals surface area (Å²) in [6, 6.07) is 11.9. The summed E-state index contributed by atoms with van der Waals surface area (Å²) in [6.07, 6.45) is 8.63. The zero-order valence-electron chi connectivity index (χ0n) is 31.8. The fraction of sp³-hybridized carbons (Fsp3) is 0.357. The van der Waals surface area contributed by atoms with Crippen molar-refractivity contribution in [1.82, 2.24) is 34.6 Å². The molecule has 13 nitrogen and oxygen atoms in total. The first-order valence-electron chi connectivity index (χ1n) is 19.5. The van der Waals surface area contributed by atoms with Crippen LogP contribution in [-0.4, -0.2) is 79.1 Å². The molecule has 9 rings (SSSR count). The number of halogens is 2. The molecule has 2 unspecified atom stereocenters. The number of imide groups is 1. The van der Waals surface area contributed by atoms with Gasteiger partial charge in [0, 0.05) is 84.5 Å². The van der Waals surface area contributed by atoms with E-state index in [1.54, 1.807) is 30.0 Å². The average molecular weight is 806 g/mol. The first-order valence-corrected chi connectivity index (χ1v) is 20.4. The molecule has 2 saturated heterocycles. The molecule has 0 bridgehead atoms. The maximum absolute atomic E-state index is 15.9. The standard InChI is InChI=1S/C42H41F2N9O4S/c1-50(21-27-17-26(20-46-38(27)44)30-8-9-35(54)48-39(30)55)28-10-14-51(15-11-28)29-6-4-24(5-7-29)25-18-31-32(33(43)19-25)22-53(41(31)57)37(40(56)49-42-45-12-16-58-42)36-34-3-2-13-52(34)23-47-36/h4-7,12,16-20,23,28,30,37H,2-3,8-11,13-15,21-22H2,1H3,(H,45,49,56)(H,48,54,55). The fourth-order valence-electron chi connectivity index (χ4n) is 8.82. The second kappa shape index (κ2) is 15.5. The fourth-order valence-corrected chi connectivity index (χ4v) is 9.35. The molecular formula is C42H41F2N9O4S. The lowest BCUT2D eigenvalue weighted by Crippen LogP contribution is -2.43. The highest BCUT2D eigenvalue weighted by molar-refractivity contribution is 7.13. The van der Waals surface area contributed by atoms with E-state index in [0.29, 0.717) is 40.5 Å². The maximum Gasteiger partial charge on any atom is 0.255 e. The van der Waals surface area contributed by atoms with E-state index in [0.717, 1.165) is 62.3 Å². The first kappa shape index (κ1) is 37.7. The molecule has 298 valence electrons. The van der Waals surface area contributed by atoms with E-state index in [1.165, 1.54) is 28.5 Å². The maximum atomic E-state index is 15.9. The lowest BCUT2D eigenvalue weighted by molar-refractivity contribution is -0.134. The normalized spacial score (nSPS) is 18.8. The number of benzene rings is 2. The van der Waals surface area contributed by atoms with Crippen LogP contribution in [-0.2, 0) is 40.4 Å². The summed E-state index contributed by atoms with van der Waals surface area (Å²) in [5, 5.41) is 7.35. The summed E-state index contributed by atoms with van der Waals surface area (Å²) < 4.78 is 32.8. The third-order valence-corrected chi connectivity index (χ3v) is 12.6. The number of anilines is 2. The van der Waals surface area contributed by atoms with Crippen LogP contribution >= 0.6 is 11.3 Å². The third kappa shape index (κ3) is 7.15. The number of pyridine rings is 1. The Morgan fingerprint density at radius 2 is 1.81 bits per heavy atom. The Kier molecular flexibility index (Phi) is 10.1. The van der Waals surface area contributed by atoms with Gasteiger partial charge in [-0.15, -0.1) is 11.3 Å². The Labute approximate surface area is 337 Å². The number of hydrogen-bond donors (Lipinski definition) is 2. The number of aryl methyl sites for hydroxylation is 1. The van der Waals surface area contributed by atoms with E-state index in [-0.39, 0.29) is 41.9 Å². The number of nitrogens with zero attached hydrogens (tertiary/aromatic N) is 7. The Balaban J connectivity index is 0.860. The molecule has 16 heteroatoms. The van der Waals surface area contributed by atoms with E-state index < -0.39 is 35.5 Å². The Morgan fingerprint density at radius 1 is 1.00 bits per heavy atom. The number of carbonyl (C=O) groups is 4. The predicted molar refractivity (Wildman–Crippen MR) is 212 cm³/mol. The Hall–Kier alpha value is -5.87. The van der Waals surface area contributed by atoms with Gasteiger partial charge in [-0.2, -0.15) is 4.39 Å². The second-order valence-corrected chi connectivity index (χ2v) is 16.3. The molecule has 7 heterocycles. The third-order valence-electron chi connectivity index (χ3n) is 11.9. The van der Waals surface area contributed by atoms with Gasteiger partial charge in [0.25, 0.3) is 11.8 Å². The Bertz CT molecular complexity index is 2410. The van der Waals surface area contributed by atoms with Gasteiger partial charge in [-0.3, -0.25) is 34.7 Å². The summed E-state index contributed by atoms with van der Waals surface area (Å²) >= 11 is 1.27. The molecule has 4 aliphatic rings. The molecule has 2 N–H and O–H groups in total. The monoisotopic (exact) mass is 805 g/mol. The van der Waals surface area contributed by atoms with E-state index in [2.05, 4.69) is 35.4 Å². The van der Waals surface area contributed by atoms with Crippen molar-refractivity contribution in [2.24, 2.45) is 0 Å². The number of hydrogen-bond acceptors (Lipinski definition) is 10. The van der Waals surface area contributed by atoms with Crippen molar-refractivity contribution in [3.8, 4) is 11.1 Å².